The Hall–Kier alpha value is -3.88. The summed E-state index contributed by atoms with van der Waals surface area (Å²) in [5.74, 6) is 0.418. The van der Waals surface area contributed by atoms with Gasteiger partial charge in [0.05, 0.1) is 32.1 Å². The monoisotopic (exact) mass is 396 g/mol. The molecule has 0 N–H and O–H groups in total. The molecule has 4 rings (SSSR count). The van der Waals surface area contributed by atoms with Gasteiger partial charge in [0, 0.05) is 11.8 Å². The van der Waals surface area contributed by atoms with E-state index in [0.29, 0.717) is 34.3 Å². The number of aromatic nitrogens is 4. The number of ether oxygens (including phenoxy) is 2. The van der Waals surface area contributed by atoms with E-state index in [1.54, 1.807) is 49.7 Å². The molecule has 0 saturated carbocycles. The van der Waals surface area contributed by atoms with Crippen LogP contribution in [-0.4, -0.2) is 33.7 Å². The quantitative estimate of drug-likeness (QED) is 0.498. The van der Waals surface area contributed by atoms with Crippen LogP contribution in [-0.2, 0) is 6.54 Å². The fourth-order valence-corrected chi connectivity index (χ4v) is 2.96. The molecule has 0 fully saturated rings. The SMILES string of the molecule is COc1ccc(-c2noc(=O)n2Cc2ccn(-c3cccc(F)c3)n2)cc1OC. The van der Waals surface area contributed by atoms with E-state index in [-0.39, 0.29) is 12.4 Å². The van der Waals surface area contributed by atoms with Crippen molar-refractivity contribution in [3.63, 3.8) is 0 Å². The number of halogens is 1. The highest BCUT2D eigenvalue weighted by Crippen LogP contribution is 2.31. The molecule has 8 nitrogen and oxygen atoms in total. The van der Waals surface area contributed by atoms with Crippen molar-refractivity contribution in [3.8, 4) is 28.6 Å². The van der Waals surface area contributed by atoms with Crippen LogP contribution in [0.15, 0.2) is 64.0 Å². The van der Waals surface area contributed by atoms with Gasteiger partial charge in [-0.25, -0.2) is 13.9 Å². The van der Waals surface area contributed by atoms with Crippen molar-refractivity contribution in [2.24, 2.45) is 0 Å². The number of hydrogen-bond donors (Lipinski definition) is 0. The van der Waals surface area contributed by atoms with Gasteiger partial charge in [-0.05, 0) is 42.5 Å². The highest BCUT2D eigenvalue weighted by molar-refractivity contribution is 5.61. The van der Waals surface area contributed by atoms with Crippen molar-refractivity contribution >= 4 is 0 Å². The zero-order valence-corrected chi connectivity index (χ0v) is 15.7. The van der Waals surface area contributed by atoms with Crippen molar-refractivity contribution in [1.29, 1.82) is 0 Å². The van der Waals surface area contributed by atoms with E-state index in [4.69, 9.17) is 14.0 Å². The number of rotatable bonds is 6. The topological polar surface area (TPSA) is 84.3 Å². The highest BCUT2D eigenvalue weighted by atomic mass is 19.1. The Morgan fingerprint density at radius 2 is 1.90 bits per heavy atom. The Labute approximate surface area is 164 Å². The van der Waals surface area contributed by atoms with E-state index >= 15 is 0 Å². The largest absolute Gasteiger partial charge is 0.493 e. The lowest BCUT2D eigenvalue weighted by Crippen LogP contribution is -2.16. The highest BCUT2D eigenvalue weighted by Gasteiger charge is 2.17. The van der Waals surface area contributed by atoms with Gasteiger partial charge in [0.25, 0.3) is 0 Å². The number of benzene rings is 2. The molecule has 0 bridgehead atoms. The Kier molecular flexibility index (Phi) is 4.86. The van der Waals surface area contributed by atoms with Crippen LogP contribution in [0.4, 0.5) is 4.39 Å². The summed E-state index contributed by atoms with van der Waals surface area (Å²) in [4.78, 5) is 12.2. The predicted octanol–water partition coefficient (Wildman–Crippen LogP) is 2.89. The molecule has 0 aliphatic rings. The van der Waals surface area contributed by atoms with Crippen molar-refractivity contribution in [1.82, 2.24) is 19.5 Å². The van der Waals surface area contributed by atoms with Crippen LogP contribution in [0, 0.1) is 5.82 Å². The zero-order valence-electron chi connectivity index (χ0n) is 15.7. The van der Waals surface area contributed by atoms with E-state index in [1.165, 1.54) is 28.5 Å². The summed E-state index contributed by atoms with van der Waals surface area (Å²) in [6, 6.07) is 13.0. The van der Waals surface area contributed by atoms with Gasteiger partial charge in [0.2, 0.25) is 0 Å². The third-order valence-electron chi connectivity index (χ3n) is 4.37. The van der Waals surface area contributed by atoms with Crippen LogP contribution in [0.5, 0.6) is 11.5 Å². The first-order valence-corrected chi connectivity index (χ1v) is 8.68. The molecule has 2 aromatic carbocycles. The van der Waals surface area contributed by atoms with E-state index < -0.39 is 5.76 Å². The van der Waals surface area contributed by atoms with Crippen molar-refractivity contribution in [3.05, 3.63) is 76.8 Å². The van der Waals surface area contributed by atoms with Crippen LogP contribution in [0.3, 0.4) is 0 Å². The van der Waals surface area contributed by atoms with Gasteiger partial charge < -0.3 is 9.47 Å². The van der Waals surface area contributed by atoms with Crippen LogP contribution in [0.25, 0.3) is 17.1 Å². The Morgan fingerprint density at radius 3 is 2.66 bits per heavy atom. The maximum Gasteiger partial charge on any atom is 0.442 e. The second-order valence-electron chi connectivity index (χ2n) is 6.16. The van der Waals surface area contributed by atoms with Gasteiger partial charge in [-0.15, -0.1) is 0 Å². The molecule has 0 aliphatic heterocycles. The molecule has 2 heterocycles. The number of nitrogens with zero attached hydrogens (tertiary/aromatic N) is 4. The fourth-order valence-electron chi connectivity index (χ4n) is 2.96. The molecular weight excluding hydrogens is 379 g/mol. The molecular formula is C20H17FN4O4. The Bertz CT molecular complexity index is 1210. The zero-order chi connectivity index (χ0) is 20.4. The first-order valence-electron chi connectivity index (χ1n) is 8.68. The van der Waals surface area contributed by atoms with Crippen molar-refractivity contribution in [2.75, 3.05) is 14.2 Å². The minimum atomic E-state index is -0.616. The average Bonchev–Trinajstić information content (AvgIpc) is 3.35. The molecule has 148 valence electrons. The van der Waals surface area contributed by atoms with E-state index in [0.717, 1.165) is 0 Å². The van der Waals surface area contributed by atoms with Gasteiger partial charge in [0.1, 0.15) is 5.82 Å². The molecule has 0 saturated heterocycles. The maximum atomic E-state index is 13.4. The Morgan fingerprint density at radius 1 is 1.07 bits per heavy atom. The van der Waals surface area contributed by atoms with E-state index in [1.807, 2.05) is 0 Å². The smallest absolute Gasteiger partial charge is 0.442 e. The molecule has 0 aliphatic carbocycles. The molecule has 4 aromatic rings. The minimum absolute atomic E-state index is 0.133. The molecule has 0 radical (unpaired) electrons. The summed E-state index contributed by atoms with van der Waals surface area (Å²) in [7, 11) is 3.06. The summed E-state index contributed by atoms with van der Waals surface area (Å²) in [5.41, 5.74) is 1.79. The summed E-state index contributed by atoms with van der Waals surface area (Å²) in [6.45, 7) is 0.133. The third kappa shape index (κ3) is 3.62. The van der Waals surface area contributed by atoms with Gasteiger partial charge >= 0.3 is 5.76 Å². The second kappa shape index (κ2) is 7.63. The van der Waals surface area contributed by atoms with Crippen molar-refractivity contribution in [2.45, 2.75) is 6.54 Å². The van der Waals surface area contributed by atoms with Gasteiger partial charge in [-0.2, -0.15) is 5.10 Å². The second-order valence-corrected chi connectivity index (χ2v) is 6.16. The van der Waals surface area contributed by atoms with Crippen LogP contribution >= 0.6 is 0 Å². The first kappa shape index (κ1) is 18.5. The fraction of sp³-hybridized carbons (Fsp3) is 0.150. The predicted molar refractivity (Wildman–Crippen MR) is 102 cm³/mol. The molecule has 2 aromatic heterocycles. The van der Waals surface area contributed by atoms with Crippen LogP contribution < -0.4 is 15.2 Å². The van der Waals surface area contributed by atoms with Crippen molar-refractivity contribution < 1.29 is 18.4 Å². The summed E-state index contributed by atoms with van der Waals surface area (Å²) >= 11 is 0. The van der Waals surface area contributed by atoms with Crippen LogP contribution in [0.2, 0.25) is 0 Å². The molecule has 0 unspecified atom stereocenters. The lowest BCUT2D eigenvalue weighted by Gasteiger charge is -2.09. The summed E-state index contributed by atoms with van der Waals surface area (Å²) in [6.07, 6.45) is 1.69. The molecule has 29 heavy (non-hydrogen) atoms. The van der Waals surface area contributed by atoms with Gasteiger partial charge in [0.15, 0.2) is 17.3 Å². The van der Waals surface area contributed by atoms with Gasteiger partial charge in [-0.3, -0.25) is 9.09 Å². The van der Waals surface area contributed by atoms with Crippen LogP contribution in [0.1, 0.15) is 5.69 Å². The molecule has 0 atom stereocenters. The number of methoxy groups -OCH3 is 2. The number of hydrogen-bond acceptors (Lipinski definition) is 6. The molecule has 9 heteroatoms. The van der Waals surface area contributed by atoms with E-state index in [2.05, 4.69) is 10.3 Å². The molecule has 0 amide bonds. The third-order valence-corrected chi connectivity index (χ3v) is 4.37. The normalized spacial score (nSPS) is 10.9. The molecule has 0 spiro atoms. The lowest BCUT2D eigenvalue weighted by molar-refractivity contribution is 0.355. The summed E-state index contributed by atoms with van der Waals surface area (Å²) < 4.78 is 31.7. The van der Waals surface area contributed by atoms with E-state index in [9.17, 15) is 9.18 Å². The Balaban J connectivity index is 1.66. The summed E-state index contributed by atoms with van der Waals surface area (Å²) in [5, 5.41) is 8.29. The minimum Gasteiger partial charge on any atom is -0.493 e. The maximum absolute atomic E-state index is 13.4. The standard InChI is InChI=1S/C20H17FN4O4/c1-27-17-7-6-13(10-18(17)28-2)19-23-29-20(26)24(19)12-15-8-9-25(22-15)16-5-3-4-14(21)11-16/h3-11H,12H2,1-2H3. The lowest BCUT2D eigenvalue weighted by atomic mass is 10.2. The average molecular weight is 396 g/mol. The van der Waals surface area contributed by atoms with Gasteiger partial charge in [-0.1, -0.05) is 11.2 Å². The first-order chi connectivity index (χ1) is 14.1.